The van der Waals surface area contributed by atoms with E-state index in [2.05, 4.69) is 26.1 Å². The SMILES string of the molecule is [C-]#[N+]c1cccc2c1C1(CCN(c3nc4c(c(=O)[nH]3)CCCC4)CC1)CN2. The van der Waals surface area contributed by atoms with Crippen LogP contribution in [0.4, 0.5) is 17.3 Å². The van der Waals surface area contributed by atoms with Gasteiger partial charge in [0.2, 0.25) is 5.95 Å². The summed E-state index contributed by atoms with van der Waals surface area (Å²) in [6.07, 6.45) is 5.88. The molecule has 0 saturated carbocycles. The van der Waals surface area contributed by atoms with E-state index in [0.717, 1.165) is 86.7 Å². The largest absolute Gasteiger partial charge is 0.385 e. The third-order valence-electron chi connectivity index (χ3n) is 6.51. The van der Waals surface area contributed by atoms with Gasteiger partial charge in [-0.1, -0.05) is 12.1 Å². The topological polar surface area (TPSA) is 65.4 Å². The third kappa shape index (κ3) is 2.53. The minimum absolute atomic E-state index is 0.0154. The second-order valence-electron chi connectivity index (χ2n) is 7.95. The molecule has 3 heterocycles. The molecule has 0 atom stereocenters. The Kier molecular flexibility index (Phi) is 3.71. The van der Waals surface area contributed by atoms with E-state index in [9.17, 15) is 4.79 Å². The van der Waals surface area contributed by atoms with Crippen molar-refractivity contribution in [1.82, 2.24) is 9.97 Å². The lowest BCUT2D eigenvalue weighted by atomic mass is 9.73. The number of anilines is 2. The van der Waals surface area contributed by atoms with Crippen molar-refractivity contribution in [3.63, 3.8) is 0 Å². The molecule has 2 N–H and O–H groups in total. The summed E-state index contributed by atoms with van der Waals surface area (Å²) in [5.74, 6) is 0.722. The molecule has 3 aliphatic rings. The predicted octanol–water partition coefficient (Wildman–Crippen LogP) is 3.16. The number of piperidine rings is 1. The maximum atomic E-state index is 12.5. The number of hydrogen-bond acceptors (Lipinski definition) is 4. The van der Waals surface area contributed by atoms with Crippen molar-refractivity contribution in [1.29, 1.82) is 0 Å². The van der Waals surface area contributed by atoms with Crippen LogP contribution in [0.25, 0.3) is 4.85 Å². The molecule has 1 aromatic carbocycles. The molecule has 1 aliphatic carbocycles. The molecule has 1 aromatic heterocycles. The Morgan fingerprint density at radius 1 is 1.19 bits per heavy atom. The summed E-state index contributed by atoms with van der Waals surface area (Å²) in [5, 5.41) is 3.50. The van der Waals surface area contributed by atoms with Gasteiger partial charge >= 0.3 is 0 Å². The van der Waals surface area contributed by atoms with E-state index in [4.69, 9.17) is 11.6 Å². The van der Waals surface area contributed by atoms with Crippen LogP contribution in [0.15, 0.2) is 23.0 Å². The minimum atomic E-state index is 0.0154. The van der Waals surface area contributed by atoms with Crippen molar-refractivity contribution in [2.75, 3.05) is 29.9 Å². The second kappa shape index (κ2) is 6.12. The third-order valence-corrected chi connectivity index (χ3v) is 6.51. The van der Waals surface area contributed by atoms with Crippen LogP contribution >= 0.6 is 0 Å². The van der Waals surface area contributed by atoms with Gasteiger partial charge in [0, 0.05) is 36.3 Å². The van der Waals surface area contributed by atoms with Gasteiger partial charge in [0.05, 0.1) is 12.3 Å². The normalized spacial score (nSPS) is 19.9. The number of nitrogens with one attached hydrogen (secondary N) is 2. The van der Waals surface area contributed by atoms with Gasteiger partial charge in [0.25, 0.3) is 5.56 Å². The predicted molar refractivity (Wildman–Crippen MR) is 106 cm³/mol. The van der Waals surface area contributed by atoms with E-state index in [1.54, 1.807) is 0 Å². The molecule has 1 saturated heterocycles. The maximum Gasteiger partial charge on any atom is 0.255 e. The quantitative estimate of drug-likeness (QED) is 0.766. The zero-order valence-corrected chi connectivity index (χ0v) is 15.3. The first-order valence-electron chi connectivity index (χ1n) is 9.82. The lowest BCUT2D eigenvalue weighted by molar-refractivity contribution is 0.360. The summed E-state index contributed by atoms with van der Waals surface area (Å²) >= 11 is 0. The Morgan fingerprint density at radius 2 is 2.00 bits per heavy atom. The van der Waals surface area contributed by atoms with Gasteiger partial charge in [-0.15, -0.1) is 0 Å². The summed E-state index contributed by atoms with van der Waals surface area (Å²) in [7, 11) is 0. The molecular formula is C21H23N5O. The number of rotatable bonds is 1. The van der Waals surface area contributed by atoms with E-state index in [1.165, 1.54) is 5.56 Å². The Morgan fingerprint density at radius 3 is 2.81 bits per heavy atom. The van der Waals surface area contributed by atoms with Gasteiger partial charge in [-0.2, -0.15) is 0 Å². The molecule has 0 unspecified atom stereocenters. The number of fused-ring (bicyclic) bond motifs is 3. The summed E-state index contributed by atoms with van der Waals surface area (Å²) in [6, 6.07) is 5.96. The molecule has 1 spiro atoms. The van der Waals surface area contributed by atoms with Crippen molar-refractivity contribution in [2.45, 2.75) is 43.9 Å². The lowest BCUT2D eigenvalue weighted by Gasteiger charge is -2.40. The van der Waals surface area contributed by atoms with E-state index >= 15 is 0 Å². The van der Waals surface area contributed by atoms with Crippen LogP contribution in [0.5, 0.6) is 0 Å². The summed E-state index contributed by atoms with van der Waals surface area (Å²) < 4.78 is 0. The summed E-state index contributed by atoms with van der Waals surface area (Å²) in [5.41, 5.74) is 4.99. The smallest absolute Gasteiger partial charge is 0.255 e. The summed E-state index contributed by atoms with van der Waals surface area (Å²) in [6.45, 7) is 10.1. The first-order chi connectivity index (χ1) is 13.2. The number of aryl methyl sites for hydroxylation is 1. The van der Waals surface area contributed by atoms with E-state index in [1.807, 2.05) is 12.1 Å². The van der Waals surface area contributed by atoms with Gasteiger partial charge in [-0.25, -0.2) is 9.83 Å². The minimum Gasteiger partial charge on any atom is -0.385 e. The number of nitrogens with zero attached hydrogens (tertiary/aromatic N) is 3. The molecule has 138 valence electrons. The first-order valence-corrected chi connectivity index (χ1v) is 9.82. The fraction of sp³-hybridized carbons (Fsp3) is 0.476. The van der Waals surface area contributed by atoms with Crippen LogP contribution < -0.4 is 15.8 Å². The zero-order chi connectivity index (χ0) is 18.4. The van der Waals surface area contributed by atoms with Crippen LogP contribution in [0.2, 0.25) is 0 Å². The van der Waals surface area contributed by atoms with Crippen molar-refractivity contribution in [3.8, 4) is 0 Å². The highest BCUT2D eigenvalue weighted by atomic mass is 16.1. The average Bonchev–Trinajstić information content (AvgIpc) is 3.07. The molecule has 5 rings (SSSR count). The second-order valence-corrected chi connectivity index (χ2v) is 7.95. The van der Waals surface area contributed by atoms with Crippen molar-refractivity contribution < 1.29 is 0 Å². The van der Waals surface area contributed by atoms with Gasteiger partial charge < -0.3 is 10.2 Å². The van der Waals surface area contributed by atoms with E-state index in [-0.39, 0.29) is 11.0 Å². The van der Waals surface area contributed by atoms with Crippen molar-refractivity contribution in [3.05, 3.63) is 56.8 Å². The Bertz CT molecular complexity index is 995. The molecular weight excluding hydrogens is 338 g/mol. The first kappa shape index (κ1) is 16.4. The Balaban J connectivity index is 1.42. The molecule has 6 heteroatoms. The van der Waals surface area contributed by atoms with E-state index < -0.39 is 0 Å². The number of benzene rings is 1. The average molecular weight is 361 g/mol. The highest BCUT2D eigenvalue weighted by molar-refractivity contribution is 5.73. The Hall–Kier alpha value is -2.81. The van der Waals surface area contributed by atoms with E-state index in [0.29, 0.717) is 0 Å². The molecule has 0 radical (unpaired) electrons. The van der Waals surface area contributed by atoms with Crippen LogP contribution in [0.1, 0.15) is 42.5 Å². The fourth-order valence-electron chi connectivity index (χ4n) is 5.00. The highest BCUT2D eigenvalue weighted by Crippen LogP contribution is 2.48. The van der Waals surface area contributed by atoms with Crippen molar-refractivity contribution >= 4 is 17.3 Å². The van der Waals surface area contributed by atoms with Gasteiger partial charge in [-0.05, 0) is 50.2 Å². The van der Waals surface area contributed by atoms with Crippen LogP contribution in [0, 0.1) is 6.57 Å². The maximum absolute atomic E-state index is 12.5. The van der Waals surface area contributed by atoms with Gasteiger partial charge in [0.15, 0.2) is 5.69 Å². The number of H-pyrrole nitrogens is 1. The van der Waals surface area contributed by atoms with Crippen molar-refractivity contribution in [2.24, 2.45) is 0 Å². The number of aromatic amines is 1. The standard InChI is InChI=1S/C21H23N5O/c1-22-16-7-4-8-17-18(16)21(13-23-17)9-11-26(12-10-21)20-24-15-6-3-2-5-14(15)19(27)25-20/h4,7-8,23H,2-3,5-6,9-13H2,(H,24,25,27). The molecule has 0 amide bonds. The lowest BCUT2D eigenvalue weighted by Crippen LogP contribution is -2.45. The molecule has 0 bridgehead atoms. The molecule has 2 aromatic rings. The fourth-order valence-corrected chi connectivity index (χ4v) is 5.00. The number of hydrogen-bond donors (Lipinski definition) is 2. The molecule has 1 fully saturated rings. The highest BCUT2D eigenvalue weighted by Gasteiger charge is 2.43. The summed E-state index contributed by atoms with van der Waals surface area (Å²) in [4.78, 5) is 26.3. The molecule has 6 nitrogen and oxygen atoms in total. The van der Waals surface area contributed by atoms with Crippen LogP contribution in [-0.2, 0) is 18.3 Å². The molecule has 27 heavy (non-hydrogen) atoms. The van der Waals surface area contributed by atoms with Crippen LogP contribution in [0.3, 0.4) is 0 Å². The van der Waals surface area contributed by atoms with Gasteiger partial charge in [0.1, 0.15) is 0 Å². The Labute approximate surface area is 158 Å². The number of aromatic nitrogens is 2. The molecule has 2 aliphatic heterocycles. The van der Waals surface area contributed by atoms with Gasteiger partial charge in [-0.3, -0.25) is 9.78 Å². The monoisotopic (exact) mass is 361 g/mol. The van der Waals surface area contributed by atoms with Crippen LogP contribution in [-0.4, -0.2) is 29.6 Å². The zero-order valence-electron chi connectivity index (χ0n) is 15.3.